The molecule has 0 saturated carbocycles. The van der Waals surface area contributed by atoms with Gasteiger partial charge in [0, 0.05) is 63.0 Å². The molecular formula is C51H30N2S3. The normalized spacial score (nSPS) is 11.9. The molecule has 5 heteroatoms. The Hall–Kier alpha value is -6.37. The molecule has 262 valence electrons. The third-order valence-corrected chi connectivity index (χ3v) is 14.6. The van der Waals surface area contributed by atoms with Crippen LogP contribution in [-0.2, 0) is 0 Å². The van der Waals surface area contributed by atoms with E-state index in [1.165, 1.54) is 77.7 Å². The zero-order valence-corrected chi connectivity index (χ0v) is 32.4. The summed E-state index contributed by atoms with van der Waals surface area (Å²) in [5.41, 5.74) is 7.98. The van der Waals surface area contributed by atoms with E-state index < -0.39 is 0 Å². The Balaban J connectivity index is 0.974. The van der Waals surface area contributed by atoms with E-state index in [1.54, 1.807) is 11.3 Å². The summed E-state index contributed by atoms with van der Waals surface area (Å²) in [5.74, 6) is 0. The van der Waals surface area contributed by atoms with Crippen LogP contribution in [0.15, 0.2) is 182 Å². The Morgan fingerprint density at radius 2 is 0.821 bits per heavy atom. The molecule has 9 aromatic carbocycles. The van der Waals surface area contributed by atoms with Crippen molar-refractivity contribution in [1.82, 2.24) is 4.98 Å². The van der Waals surface area contributed by atoms with Gasteiger partial charge in [-0.3, -0.25) is 0 Å². The van der Waals surface area contributed by atoms with Crippen molar-refractivity contribution < 1.29 is 0 Å². The lowest BCUT2D eigenvalue weighted by Gasteiger charge is -2.26. The zero-order chi connectivity index (χ0) is 36.7. The van der Waals surface area contributed by atoms with E-state index in [4.69, 9.17) is 4.98 Å². The SMILES string of the molecule is c1ccc2c(c1)ccc1c3ccc(N(c4ccc(-c5ccc(-c6nc7ccccc7s6)cc5)cc4)c4ccc5c(c4)sc4c6ccccc6ccc54)cc3sc21. The molecule has 0 aliphatic heterocycles. The highest BCUT2D eigenvalue weighted by atomic mass is 32.1. The number of aromatic nitrogens is 1. The predicted molar refractivity (Wildman–Crippen MR) is 246 cm³/mol. The maximum Gasteiger partial charge on any atom is 0.124 e. The molecule has 0 radical (unpaired) electrons. The fourth-order valence-electron chi connectivity index (χ4n) is 8.32. The minimum atomic E-state index is 1.05. The third-order valence-electron chi connectivity index (χ3n) is 11.1. The first-order valence-corrected chi connectivity index (χ1v) is 21.2. The van der Waals surface area contributed by atoms with Crippen molar-refractivity contribution in [3.8, 4) is 21.7 Å². The molecule has 0 fully saturated rings. The van der Waals surface area contributed by atoms with Crippen LogP contribution >= 0.6 is 34.0 Å². The fourth-order valence-corrected chi connectivity index (χ4v) is 11.8. The van der Waals surface area contributed by atoms with Crippen LogP contribution < -0.4 is 4.90 Å². The van der Waals surface area contributed by atoms with Gasteiger partial charge >= 0.3 is 0 Å². The second-order valence-corrected chi connectivity index (χ2v) is 17.5. The highest BCUT2D eigenvalue weighted by Gasteiger charge is 2.18. The predicted octanol–water partition coefficient (Wildman–Crippen LogP) is 16.1. The molecule has 12 rings (SSSR count). The Morgan fingerprint density at radius 1 is 0.339 bits per heavy atom. The number of hydrogen-bond donors (Lipinski definition) is 0. The molecule has 0 amide bonds. The van der Waals surface area contributed by atoms with Gasteiger partial charge in [0.15, 0.2) is 0 Å². The topological polar surface area (TPSA) is 16.1 Å². The maximum atomic E-state index is 4.88. The maximum absolute atomic E-state index is 4.88. The van der Waals surface area contributed by atoms with E-state index in [1.807, 2.05) is 28.7 Å². The highest BCUT2D eigenvalue weighted by molar-refractivity contribution is 7.27. The summed E-state index contributed by atoms with van der Waals surface area (Å²) in [7, 11) is 0. The number of anilines is 3. The van der Waals surface area contributed by atoms with Crippen LogP contribution in [0.3, 0.4) is 0 Å². The molecule has 0 aliphatic carbocycles. The third kappa shape index (κ3) is 5.09. The van der Waals surface area contributed by atoms with Gasteiger partial charge in [0.1, 0.15) is 5.01 Å². The van der Waals surface area contributed by atoms with Crippen molar-refractivity contribution in [2.24, 2.45) is 0 Å². The minimum Gasteiger partial charge on any atom is -0.310 e. The summed E-state index contributed by atoms with van der Waals surface area (Å²) in [5, 5.41) is 11.5. The molecule has 3 heterocycles. The van der Waals surface area contributed by atoms with E-state index >= 15 is 0 Å². The second kappa shape index (κ2) is 12.6. The highest BCUT2D eigenvalue weighted by Crippen LogP contribution is 2.45. The number of thiazole rings is 1. The van der Waals surface area contributed by atoms with Gasteiger partial charge in [-0.1, -0.05) is 133 Å². The molecule has 2 nitrogen and oxygen atoms in total. The Kier molecular flexibility index (Phi) is 7.18. The van der Waals surface area contributed by atoms with Crippen LogP contribution in [0.2, 0.25) is 0 Å². The van der Waals surface area contributed by atoms with Crippen molar-refractivity contribution in [1.29, 1.82) is 0 Å². The number of fused-ring (bicyclic) bond motifs is 11. The van der Waals surface area contributed by atoms with Gasteiger partial charge in [-0.05, 0) is 81.2 Å². The van der Waals surface area contributed by atoms with E-state index in [0.717, 1.165) is 33.1 Å². The molecule has 0 unspecified atom stereocenters. The molecule has 0 atom stereocenters. The standard InChI is InChI=1S/C51H30N2S3/c1-3-9-39-33(7-1)19-25-43-41-27-23-37(29-47(41)54-49(39)43)53(38-24-28-42-44-26-20-34-8-2-4-10-40(34)50(44)55-48(42)30-38)36-21-17-32(18-22-36)31-13-15-35(16-14-31)51-52-45-11-5-6-12-46(45)56-51/h1-30H. The lowest BCUT2D eigenvalue weighted by Crippen LogP contribution is -2.09. The Labute approximate surface area is 334 Å². The van der Waals surface area contributed by atoms with Crippen LogP contribution in [0.4, 0.5) is 17.1 Å². The first kappa shape index (κ1) is 31.9. The number of thiophene rings is 2. The molecule has 0 aliphatic rings. The van der Waals surface area contributed by atoms with E-state index in [2.05, 4.69) is 181 Å². The van der Waals surface area contributed by atoms with Crippen LogP contribution in [-0.4, -0.2) is 4.98 Å². The first-order chi connectivity index (χ1) is 27.7. The van der Waals surface area contributed by atoms with E-state index in [-0.39, 0.29) is 0 Å². The summed E-state index contributed by atoms with van der Waals surface area (Å²) in [6.45, 7) is 0. The molecule has 3 aromatic heterocycles. The van der Waals surface area contributed by atoms with Gasteiger partial charge < -0.3 is 4.90 Å². The monoisotopic (exact) mass is 766 g/mol. The van der Waals surface area contributed by atoms with E-state index in [0.29, 0.717) is 0 Å². The largest absolute Gasteiger partial charge is 0.310 e. The molecule has 12 aromatic rings. The quantitative estimate of drug-likeness (QED) is 0.173. The summed E-state index contributed by atoms with van der Waals surface area (Å²) in [6, 6.07) is 66.7. The van der Waals surface area contributed by atoms with Crippen molar-refractivity contribution in [3.63, 3.8) is 0 Å². The minimum absolute atomic E-state index is 1.05. The van der Waals surface area contributed by atoms with Crippen LogP contribution in [0.25, 0.3) is 93.8 Å². The van der Waals surface area contributed by atoms with Crippen molar-refractivity contribution in [3.05, 3.63) is 182 Å². The fraction of sp³-hybridized carbons (Fsp3) is 0. The Morgan fingerprint density at radius 3 is 1.41 bits per heavy atom. The lowest BCUT2D eigenvalue weighted by atomic mass is 10.0. The number of rotatable bonds is 5. The number of para-hydroxylation sites is 1. The molecule has 0 bridgehead atoms. The summed E-state index contributed by atoms with van der Waals surface area (Å²) in [4.78, 5) is 7.30. The summed E-state index contributed by atoms with van der Waals surface area (Å²) in [6.07, 6.45) is 0. The van der Waals surface area contributed by atoms with Crippen molar-refractivity contribution >= 4 is 123 Å². The Bertz CT molecular complexity index is 3290. The van der Waals surface area contributed by atoms with Crippen LogP contribution in [0.5, 0.6) is 0 Å². The molecule has 0 spiro atoms. The van der Waals surface area contributed by atoms with Gasteiger partial charge in [0.25, 0.3) is 0 Å². The zero-order valence-electron chi connectivity index (χ0n) is 29.9. The van der Waals surface area contributed by atoms with Gasteiger partial charge in [0.2, 0.25) is 0 Å². The summed E-state index contributed by atoms with van der Waals surface area (Å²) >= 11 is 5.52. The van der Waals surface area contributed by atoms with Crippen molar-refractivity contribution in [2.75, 3.05) is 4.90 Å². The second-order valence-electron chi connectivity index (χ2n) is 14.3. The smallest absolute Gasteiger partial charge is 0.124 e. The van der Waals surface area contributed by atoms with Gasteiger partial charge in [-0.25, -0.2) is 4.98 Å². The van der Waals surface area contributed by atoms with Crippen LogP contribution in [0, 0.1) is 0 Å². The van der Waals surface area contributed by atoms with Gasteiger partial charge in [-0.15, -0.1) is 34.0 Å². The van der Waals surface area contributed by atoms with Gasteiger partial charge in [0.05, 0.1) is 10.2 Å². The first-order valence-electron chi connectivity index (χ1n) is 18.8. The average Bonchev–Trinajstić information content (AvgIpc) is 3.97. The molecular weight excluding hydrogens is 737 g/mol. The van der Waals surface area contributed by atoms with E-state index in [9.17, 15) is 0 Å². The number of benzene rings is 9. The van der Waals surface area contributed by atoms with Crippen molar-refractivity contribution in [2.45, 2.75) is 0 Å². The average molecular weight is 767 g/mol. The number of nitrogens with zero attached hydrogens (tertiary/aromatic N) is 2. The van der Waals surface area contributed by atoms with Gasteiger partial charge in [-0.2, -0.15) is 0 Å². The number of hydrogen-bond acceptors (Lipinski definition) is 5. The molecule has 56 heavy (non-hydrogen) atoms. The molecule has 0 N–H and O–H groups in total. The summed E-state index contributed by atoms with van der Waals surface area (Å²) < 4.78 is 6.49. The lowest BCUT2D eigenvalue weighted by molar-refractivity contribution is 1.30. The molecule has 0 saturated heterocycles. The van der Waals surface area contributed by atoms with Crippen LogP contribution in [0.1, 0.15) is 0 Å².